The Kier molecular flexibility index (Phi) is 5.56. The lowest BCUT2D eigenvalue weighted by Crippen LogP contribution is -2.04. The SMILES string of the molecule is C#CCCOC(=O)CCC. The van der Waals surface area contributed by atoms with Gasteiger partial charge in [0.25, 0.3) is 0 Å². The van der Waals surface area contributed by atoms with Crippen LogP contribution in [0.1, 0.15) is 26.2 Å². The second-order valence-electron chi connectivity index (χ2n) is 1.92. The van der Waals surface area contributed by atoms with Crippen molar-refractivity contribution < 1.29 is 9.53 Å². The molecule has 2 nitrogen and oxygen atoms in total. The molecule has 0 aliphatic rings. The van der Waals surface area contributed by atoms with Gasteiger partial charge in [0.1, 0.15) is 6.61 Å². The van der Waals surface area contributed by atoms with Crippen LogP contribution in [-0.2, 0) is 9.53 Å². The van der Waals surface area contributed by atoms with Crippen LogP contribution in [0.15, 0.2) is 0 Å². The number of rotatable bonds is 4. The normalized spacial score (nSPS) is 8.40. The number of hydrogen-bond donors (Lipinski definition) is 0. The molecule has 2 heteroatoms. The van der Waals surface area contributed by atoms with E-state index in [9.17, 15) is 4.79 Å². The Bertz CT molecular complexity index is 133. The van der Waals surface area contributed by atoms with Crippen molar-refractivity contribution in [2.24, 2.45) is 0 Å². The maximum Gasteiger partial charge on any atom is 0.305 e. The van der Waals surface area contributed by atoms with Crippen molar-refractivity contribution in [2.45, 2.75) is 26.2 Å². The summed E-state index contributed by atoms with van der Waals surface area (Å²) < 4.78 is 4.74. The summed E-state index contributed by atoms with van der Waals surface area (Å²) >= 11 is 0. The van der Waals surface area contributed by atoms with Gasteiger partial charge in [-0.15, -0.1) is 12.3 Å². The number of carbonyl (C=O) groups excluding carboxylic acids is 1. The third kappa shape index (κ3) is 5.17. The summed E-state index contributed by atoms with van der Waals surface area (Å²) in [4.78, 5) is 10.6. The minimum absolute atomic E-state index is 0.155. The molecule has 0 fully saturated rings. The molecular formula is C8H12O2. The second-order valence-corrected chi connectivity index (χ2v) is 1.92. The zero-order chi connectivity index (χ0) is 7.82. The molecular weight excluding hydrogens is 128 g/mol. The van der Waals surface area contributed by atoms with Crippen LogP contribution >= 0.6 is 0 Å². The van der Waals surface area contributed by atoms with E-state index in [1.807, 2.05) is 6.92 Å². The van der Waals surface area contributed by atoms with Gasteiger partial charge in [-0.1, -0.05) is 6.92 Å². The molecule has 0 heterocycles. The van der Waals surface area contributed by atoms with Gasteiger partial charge in [0, 0.05) is 12.8 Å². The van der Waals surface area contributed by atoms with Gasteiger partial charge in [-0.3, -0.25) is 4.79 Å². The van der Waals surface area contributed by atoms with Crippen molar-refractivity contribution in [1.29, 1.82) is 0 Å². The first-order valence-corrected chi connectivity index (χ1v) is 3.40. The van der Waals surface area contributed by atoms with Crippen molar-refractivity contribution in [3.8, 4) is 12.3 Å². The fourth-order valence-electron chi connectivity index (χ4n) is 0.500. The predicted molar refractivity (Wildman–Crippen MR) is 39.3 cm³/mol. The molecule has 0 aliphatic heterocycles. The van der Waals surface area contributed by atoms with E-state index in [1.54, 1.807) is 0 Å². The maximum atomic E-state index is 10.6. The number of terminal acetylenes is 1. The molecule has 0 bridgehead atoms. The highest BCUT2D eigenvalue weighted by Gasteiger charge is 1.97. The first-order chi connectivity index (χ1) is 4.81. The lowest BCUT2D eigenvalue weighted by Gasteiger charge is -1.98. The van der Waals surface area contributed by atoms with Gasteiger partial charge < -0.3 is 4.74 Å². The number of carbonyl (C=O) groups is 1. The highest BCUT2D eigenvalue weighted by molar-refractivity contribution is 5.69. The average molecular weight is 140 g/mol. The van der Waals surface area contributed by atoms with Crippen LogP contribution < -0.4 is 0 Å². The van der Waals surface area contributed by atoms with Crippen molar-refractivity contribution in [3.63, 3.8) is 0 Å². The Balaban J connectivity index is 3.15. The summed E-state index contributed by atoms with van der Waals surface area (Å²) in [5, 5.41) is 0. The van der Waals surface area contributed by atoms with E-state index in [2.05, 4.69) is 5.92 Å². The van der Waals surface area contributed by atoms with Crippen molar-refractivity contribution >= 4 is 5.97 Å². The van der Waals surface area contributed by atoms with Crippen LogP contribution in [-0.4, -0.2) is 12.6 Å². The fraction of sp³-hybridized carbons (Fsp3) is 0.625. The average Bonchev–Trinajstić information content (AvgIpc) is 1.89. The Morgan fingerprint density at radius 2 is 2.40 bits per heavy atom. The predicted octanol–water partition coefficient (Wildman–Crippen LogP) is 1.35. The maximum absolute atomic E-state index is 10.6. The molecule has 0 atom stereocenters. The Morgan fingerprint density at radius 3 is 2.90 bits per heavy atom. The number of esters is 1. The van der Waals surface area contributed by atoms with E-state index in [4.69, 9.17) is 11.2 Å². The monoisotopic (exact) mass is 140 g/mol. The molecule has 56 valence electrons. The van der Waals surface area contributed by atoms with Crippen molar-refractivity contribution in [1.82, 2.24) is 0 Å². The van der Waals surface area contributed by atoms with Gasteiger partial charge in [0.2, 0.25) is 0 Å². The lowest BCUT2D eigenvalue weighted by molar-refractivity contribution is -0.143. The van der Waals surface area contributed by atoms with Crippen LogP contribution in [0, 0.1) is 12.3 Å². The van der Waals surface area contributed by atoms with Crippen LogP contribution in [0.4, 0.5) is 0 Å². The zero-order valence-electron chi connectivity index (χ0n) is 6.22. The highest BCUT2D eigenvalue weighted by Crippen LogP contribution is 1.91. The molecule has 0 saturated heterocycles. The smallest absolute Gasteiger partial charge is 0.305 e. The Labute approximate surface area is 61.6 Å². The molecule has 0 saturated carbocycles. The topological polar surface area (TPSA) is 26.3 Å². The van der Waals surface area contributed by atoms with E-state index in [0.29, 0.717) is 19.4 Å². The van der Waals surface area contributed by atoms with Crippen LogP contribution in [0.3, 0.4) is 0 Å². The molecule has 0 aromatic rings. The molecule has 0 rings (SSSR count). The molecule has 0 unspecified atom stereocenters. The molecule has 0 aromatic heterocycles. The van der Waals surface area contributed by atoms with Crippen LogP contribution in [0.2, 0.25) is 0 Å². The van der Waals surface area contributed by atoms with Crippen molar-refractivity contribution in [3.05, 3.63) is 0 Å². The quantitative estimate of drug-likeness (QED) is 0.335. The lowest BCUT2D eigenvalue weighted by atomic mass is 10.3. The summed E-state index contributed by atoms with van der Waals surface area (Å²) in [6.07, 6.45) is 6.78. The fourth-order valence-corrected chi connectivity index (χ4v) is 0.500. The third-order valence-electron chi connectivity index (χ3n) is 0.964. The molecule has 10 heavy (non-hydrogen) atoms. The second kappa shape index (κ2) is 6.15. The van der Waals surface area contributed by atoms with Gasteiger partial charge in [-0.05, 0) is 6.42 Å². The van der Waals surface area contributed by atoms with E-state index in [-0.39, 0.29) is 5.97 Å². The zero-order valence-corrected chi connectivity index (χ0v) is 6.22. The summed E-state index contributed by atoms with van der Waals surface area (Å²) in [6, 6.07) is 0. The first kappa shape index (κ1) is 9.03. The van der Waals surface area contributed by atoms with Gasteiger partial charge in [-0.25, -0.2) is 0 Å². The van der Waals surface area contributed by atoms with E-state index < -0.39 is 0 Å². The summed E-state index contributed by atoms with van der Waals surface area (Å²) in [5.41, 5.74) is 0. The largest absolute Gasteiger partial charge is 0.465 e. The van der Waals surface area contributed by atoms with Gasteiger partial charge in [0.15, 0.2) is 0 Å². The third-order valence-corrected chi connectivity index (χ3v) is 0.964. The molecule has 0 N–H and O–H groups in total. The van der Waals surface area contributed by atoms with E-state index in [1.165, 1.54) is 0 Å². The molecule has 0 aliphatic carbocycles. The molecule has 0 amide bonds. The van der Waals surface area contributed by atoms with E-state index in [0.717, 1.165) is 6.42 Å². The number of ether oxygens (including phenoxy) is 1. The van der Waals surface area contributed by atoms with Crippen molar-refractivity contribution in [2.75, 3.05) is 6.61 Å². The molecule has 0 spiro atoms. The highest BCUT2D eigenvalue weighted by atomic mass is 16.5. The minimum Gasteiger partial charge on any atom is -0.465 e. The summed E-state index contributed by atoms with van der Waals surface area (Å²) in [7, 11) is 0. The van der Waals surface area contributed by atoms with Gasteiger partial charge >= 0.3 is 5.97 Å². The minimum atomic E-state index is -0.155. The van der Waals surface area contributed by atoms with Gasteiger partial charge in [0.05, 0.1) is 0 Å². The number of hydrogen-bond acceptors (Lipinski definition) is 2. The van der Waals surface area contributed by atoms with Crippen LogP contribution in [0.5, 0.6) is 0 Å². The molecule has 0 aromatic carbocycles. The Hall–Kier alpha value is -0.970. The van der Waals surface area contributed by atoms with Gasteiger partial charge in [-0.2, -0.15) is 0 Å². The summed E-state index contributed by atoms with van der Waals surface area (Å²) in [6.45, 7) is 2.29. The summed E-state index contributed by atoms with van der Waals surface area (Å²) in [5.74, 6) is 2.23. The standard InChI is InChI=1S/C8H12O2/c1-3-5-7-10-8(9)6-4-2/h1H,4-7H2,2H3. The Morgan fingerprint density at radius 1 is 1.70 bits per heavy atom. The molecule has 0 radical (unpaired) electrons. The van der Waals surface area contributed by atoms with Crippen LogP contribution in [0.25, 0.3) is 0 Å². The first-order valence-electron chi connectivity index (χ1n) is 3.40. The van der Waals surface area contributed by atoms with E-state index >= 15 is 0 Å².